The Balaban J connectivity index is 1.43. The second-order valence-electron chi connectivity index (χ2n) is 7.92. The fraction of sp³-hybridized carbons (Fsp3) is 0.111. The average Bonchev–Trinajstić information content (AvgIpc) is 2.86. The van der Waals surface area contributed by atoms with Gasteiger partial charge in [-0.1, -0.05) is 48.5 Å². The van der Waals surface area contributed by atoms with Crippen LogP contribution in [-0.2, 0) is 9.59 Å². The second-order valence-corrected chi connectivity index (χ2v) is 7.92. The summed E-state index contributed by atoms with van der Waals surface area (Å²) >= 11 is 0. The number of aromatic nitrogens is 1. The molecule has 35 heavy (non-hydrogen) atoms. The van der Waals surface area contributed by atoms with Gasteiger partial charge in [0, 0.05) is 23.0 Å². The summed E-state index contributed by atoms with van der Waals surface area (Å²) in [5, 5.41) is 9.01. The molecule has 0 aliphatic heterocycles. The molecule has 1 aromatic heterocycles. The Morgan fingerprint density at radius 1 is 0.857 bits per heavy atom. The second kappa shape index (κ2) is 10.9. The van der Waals surface area contributed by atoms with Crippen LogP contribution in [0.4, 0.5) is 21.9 Å². The standard InChI is InChI=1S/C27H25N5O3/c1-19-8-5-11-21(16-19)30-27(35)29-17-25(34)32(22-12-3-2-4-13-22)18-24(33)31-23-14-6-9-20-10-7-15-28-26(20)23/h2-16H,17-18H2,1H3,(H,31,33)(H2,29,30,35). The molecule has 0 spiro atoms. The number of fused-ring (bicyclic) bond motifs is 1. The number of nitrogens with zero attached hydrogens (tertiary/aromatic N) is 2. The van der Waals surface area contributed by atoms with Crippen molar-refractivity contribution in [2.75, 3.05) is 28.6 Å². The number of rotatable bonds is 7. The van der Waals surface area contributed by atoms with Crippen LogP contribution in [0.2, 0.25) is 0 Å². The largest absolute Gasteiger partial charge is 0.329 e. The summed E-state index contributed by atoms with van der Waals surface area (Å²) < 4.78 is 0. The molecule has 4 aromatic rings. The third-order valence-corrected chi connectivity index (χ3v) is 5.25. The van der Waals surface area contributed by atoms with Gasteiger partial charge in [-0.2, -0.15) is 0 Å². The zero-order valence-corrected chi connectivity index (χ0v) is 19.2. The molecular weight excluding hydrogens is 442 g/mol. The lowest BCUT2D eigenvalue weighted by Crippen LogP contribution is -2.44. The van der Waals surface area contributed by atoms with Gasteiger partial charge in [0.2, 0.25) is 11.8 Å². The van der Waals surface area contributed by atoms with Crippen LogP contribution in [0.3, 0.4) is 0 Å². The van der Waals surface area contributed by atoms with Crippen molar-refractivity contribution in [3.8, 4) is 0 Å². The van der Waals surface area contributed by atoms with Crippen molar-refractivity contribution in [2.24, 2.45) is 0 Å². The van der Waals surface area contributed by atoms with Crippen LogP contribution < -0.4 is 20.9 Å². The number of amides is 4. The van der Waals surface area contributed by atoms with Crippen LogP contribution in [0.15, 0.2) is 91.1 Å². The number of carbonyl (C=O) groups excluding carboxylic acids is 3. The van der Waals surface area contributed by atoms with Gasteiger partial charge >= 0.3 is 6.03 Å². The van der Waals surface area contributed by atoms with Gasteiger partial charge in [-0.05, 0) is 48.9 Å². The van der Waals surface area contributed by atoms with Gasteiger partial charge in [0.15, 0.2) is 0 Å². The molecule has 0 bridgehead atoms. The van der Waals surface area contributed by atoms with Gasteiger partial charge in [0.05, 0.1) is 17.7 Å². The quantitative estimate of drug-likeness (QED) is 0.376. The third-order valence-electron chi connectivity index (χ3n) is 5.25. The van der Waals surface area contributed by atoms with Crippen LogP contribution in [0.5, 0.6) is 0 Å². The summed E-state index contributed by atoms with van der Waals surface area (Å²) in [5.74, 6) is -0.814. The van der Waals surface area contributed by atoms with Crippen LogP contribution >= 0.6 is 0 Å². The van der Waals surface area contributed by atoms with E-state index >= 15 is 0 Å². The minimum absolute atomic E-state index is 0.229. The molecule has 0 saturated carbocycles. The summed E-state index contributed by atoms with van der Waals surface area (Å²) in [6.45, 7) is 1.41. The van der Waals surface area contributed by atoms with E-state index < -0.39 is 11.9 Å². The molecule has 4 rings (SSSR count). The van der Waals surface area contributed by atoms with E-state index in [1.807, 2.05) is 55.5 Å². The topological polar surface area (TPSA) is 103 Å². The van der Waals surface area contributed by atoms with Crippen molar-refractivity contribution in [2.45, 2.75) is 6.92 Å². The number of nitrogens with one attached hydrogen (secondary N) is 3. The number of pyridine rings is 1. The summed E-state index contributed by atoms with van der Waals surface area (Å²) in [7, 11) is 0. The molecule has 8 nitrogen and oxygen atoms in total. The van der Waals surface area contributed by atoms with E-state index in [0.717, 1.165) is 10.9 Å². The van der Waals surface area contributed by atoms with Crippen LogP contribution in [0.1, 0.15) is 5.56 Å². The highest BCUT2D eigenvalue weighted by atomic mass is 16.2. The third kappa shape index (κ3) is 6.20. The Labute approximate surface area is 203 Å². The molecule has 0 fully saturated rings. The maximum atomic E-state index is 13.0. The monoisotopic (exact) mass is 467 g/mol. The number of hydrogen-bond donors (Lipinski definition) is 3. The summed E-state index contributed by atoms with van der Waals surface area (Å²) in [6.07, 6.45) is 1.66. The number of para-hydroxylation sites is 2. The summed E-state index contributed by atoms with van der Waals surface area (Å²) in [5.41, 5.74) is 3.39. The van der Waals surface area contributed by atoms with Gasteiger partial charge in [-0.3, -0.25) is 14.6 Å². The van der Waals surface area contributed by atoms with Crippen molar-refractivity contribution < 1.29 is 14.4 Å². The van der Waals surface area contributed by atoms with Gasteiger partial charge in [0.1, 0.15) is 6.54 Å². The molecular formula is C27H25N5O3. The van der Waals surface area contributed by atoms with Crippen molar-refractivity contribution in [1.29, 1.82) is 0 Å². The van der Waals surface area contributed by atoms with Crippen molar-refractivity contribution >= 4 is 45.8 Å². The Bertz CT molecular complexity index is 1350. The Morgan fingerprint density at radius 3 is 2.43 bits per heavy atom. The van der Waals surface area contributed by atoms with Gasteiger partial charge in [-0.15, -0.1) is 0 Å². The molecule has 0 aliphatic carbocycles. The van der Waals surface area contributed by atoms with Crippen molar-refractivity contribution in [3.05, 3.63) is 96.7 Å². The van der Waals surface area contributed by atoms with E-state index in [4.69, 9.17) is 0 Å². The molecule has 4 amide bonds. The normalized spacial score (nSPS) is 10.4. The Hall–Kier alpha value is -4.72. The van der Waals surface area contributed by atoms with E-state index in [0.29, 0.717) is 22.6 Å². The fourth-order valence-corrected chi connectivity index (χ4v) is 3.62. The minimum atomic E-state index is -0.511. The Morgan fingerprint density at radius 2 is 1.63 bits per heavy atom. The zero-order chi connectivity index (χ0) is 24.6. The molecule has 3 N–H and O–H groups in total. The first-order valence-electron chi connectivity index (χ1n) is 11.1. The number of carbonyl (C=O) groups is 3. The smallest absolute Gasteiger partial charge is 0.319 e. The number of aryl methyl sites for hydroxylation is 1. The predicted molar refractivity (Wildman–Crippen MR) is 137 cm³/mol. The van der Waals surface area contributed by atoms with E-state index in [2.05, 4.69) is 20.9 Å². The predicted octanol–water partition coefficient (Wildman–Crippen LogP) is 4.34. The van der Waals surface area contributed by atoms with Crippen LogP contribution in [-0.4, -0.2) is 35.9 Å². The first-order chi connectivity index (χ1) is 17.0. The van der Waals surface area contributed by atoms with Crippen molar-refractivity contribution in [1.82, 2.24) is 10.3 Å². The average molecular weight is 468 g/mol. The lowest BCUT2D eigenvalue weighted by Gasteiger charge is -2.23. The molecule has 0 aliphatic rings. The van der Waals surface area contributed by atoms with Crippen molar-refractivity contribution in [3.63, 3.8) is 0 Å². The number of hydrogen-bond acceptors (Lipinski definition) is 4. The first kappa shape index (κ1) is 23.4. The Kier molecular flexibility index (Phi) is 7.32. The highest BCUT2D eigenvalue weighted by molar-refractivity contribution is 6.06. The van der Waals surface area contributed by atoms with E-state index in [-0.39, 0.29) is 19.0 Å². The number of urea groups is 1. The minimum Gasteiger partial charge on any atom is -0.329 e. The molecule has 0 saturated heterocycles. The lowest BCUT2D eigenvalue weighted by atomic mass is 10.2. The first-order valence-corrected chi connectivity index (χ1v) is 11.1. The van der Waals surface area contributed by atoms with Crippen LogP contribution in [0.25, 0.3) is 10.9 Å². The number of benzene rings is 3. The zero-order valence-electron chi connectivity index (χ0n) is 19.2. The SMILES string of the molecule is Cc1cccc(NC(=O)NCC(=O)N(CC(=O)Nc2cccc3cccnc23)c2ccccc2)c1. The fourth-order valence-electron chi connectivity index (χ4n) is 3.62. The lowest BCUT2D eigenvalue weighted by molar-refractivity contribution is -0.121. The molecule has 176 valence electrons. The van der Waals surface area contributed by atoms with Gasteiger partial charge in [-0.25, -0.2) is 4.79 Å². The van der Waals surface area contributed by atoms with E-state index in [1.54, 1.807) is 42.6 Å². The number of anilines is 3. The highest BCUT2D eigenvalue weighted by Crippen LogP contribution is 2.21. The summed E-state index contributed by atoms with van der Waals surface area (Å²) in [4.78, 5) is 43.9. The van der Waals surface area contributed by atoms with Crippen LogP contribution in [0, 0.1) is 6.92 Å². The highest BCUT2D eigenvalue weighted by Gasteiger charge is 2.20. The van der Waals surface area contributed by atoms with E-state index in [9.17, 15) is 14.4 Å². The molecule has 0 unspecified atom stereocenters. The summed E-state index contributed by atoms with van der Waals surface area (Å²) in [6, 6.07) is 24.9. The van der Waals surface area contributed by atoms with Gasteiger partial charge < -0.3 is 20.9 Å². The van der Waals surface area contributed by atoms with E-state index in [1.165, 1.54) is 4.90 Å². The molecule has 0 atom stereocenters. The molecule has 3 aromatic carbocycles. The molecule has 0 radical (unpaired) electrons. The maximum Gasteiger partial charge on any atom is 0.319 e. The molecule has 8 heteroatoms. The van der Waals surface area contributed by atoms with Gasteiger partial charge in [0.25, 0.3) is 0 Å². The molecule has 1 heterocycles. The maximum absolute atomic E-state index is 13.0.